The average molecular weight is 434 g/mol. The van der Waals surface area contributed by atoms with Gasteiger partial charge in [-0.05, 0) is 55.1 Å². The maximum absolute atomic E-state index is 13.6. The van der Waals surface area contributed by atoms with Crippen molar-refractivity contribution in [3.05, 3.63) is 40.5 Å². The van der Waals surface area contributed by atoms with Gasteiger partial charge in [0.15, 0.2) is 0 Å². The number of fused-ring (bicyclic) bond motifs is 1. The van der Waals surface area contributed by atoms with Crippen LogP contribution in [0, 0.1) is 12.7 Å². The van der Waals surface area contributed by atoms with Crippen molar-refractivity contribution in [1.82, 2.24) is 22.4 Å². The Labute approximate surface area is 150 Å². The van der Waals surface area contributed by atoms with Gasteiger partial charge in [-0.1, -0.05) is 0 Å². The van der Waals surface area contributed by atoms with Crippen LogP contribution in [0.4, 0.5) is 4.39 Å². The molecule has 0 aliphatic heterocycles. The molecule has 0 saturated carbocycles. The first-order valence-corrected chi connectivity index (χ1v) is 9.67. The maximum Gasteiger partial charge on any atom is 0.305 e. The zero-order valence-corrected chi connectivity index (χ0v) is 16.2. The molecule has 0 fully saturated rings. The fraction of sp³-hybridized carbons (Fsp3) is 0.231. The molecule has 0 radical (unpaired) electrons. The number of aromatic nitrogens is 4. The molecule has 0 aliphatic carbocycles. The van der Waals surface area contributed by atoms with Gasteiger partial charge in [0.2, 0.25) is 0 Å². The number of nitrogens with zero attached hydrogens (tertiary/aromatic N) is 5. The molecule has 11 heteroatoms. The van der Waals surface area contributed by atoms with Gasteiger partial charge in [0.25, 0.3) is 5.16 Å². The first-order valence-electron chi connectivity index (χ1n) is 6.71. The molecule has 0 spiro atoms. The Hall–Kier alpha value is -1.43. The fourth-order valence-electron chi connectivity index (χ4n) is 2.27. The summed E-state index contributed by atoms with van der Waals surface area (Å²) < 4.78 is 44.2. The van der Waals surface area contributed by atoms with Gasteiger partial charge in [-0.25, -0.2) is 17.7 Å². The van der Waals surface area contributed by atoms with E-state index in [0.717, 1.165) is 3.97 Å². The molecule has 0 amide bonds. The lowest BCUT2D eigenvalue weighted by molar-refractivity contribution is 0.578. The van der Waals surface area contributed by atoms with Crippen molar-refractivity contribution < 1.29 is 12.8 Å². The molecule has 3 aromatic rings. The number of halogens is 2. The summed E-state index contributed by atoms with van der Waals surface area (Å²) in [5.41, 5.74) is 0.656. The molecule has 128 valence electrons. The Bertz CT molecular complexity index is 1030. The van der Waals surface area contributed by atoms with E-state index in [0.29, 0.717) is 15.6 Å². The van der Waals surface area contributed by atoms with E-state index >= 15 is 0 Å². The standard InChI is InChI=1S/C13H13BrFN5O2S2/c1-8-12(14)10-5-4-9(15)6-11(10)20(8)24(21,22)13-16-7-19(17-13)23-18(2)3/h4-7H,1-3H3. The number of hydrogen-bond acceptors (Lipinski definition) is 6. The van der Waals surface area contributed by atoms with Crippen LogP contribution in [-0.4, -0.2) is 45.0 Å². The Morgan fingerprint density at radius 2 is 2.04 bits per heavy atom. The average Bonchev–Trinajstić information content (AvgIpc) is 3.03. The Morgan fingerprint density at radius 1 is 1.33 bits per heavy atom. The second kappa shape index (κ2) is 6.14. The minimum absolute atomic E-state index is 0.232. The number of benzene rings is 1. The minimum atomic E-state index is -4.06. The summed E-state index contributed by atoms with van der Waals surface area (Å²) in [6.45, 7) is 1.63. The van der Waals surface area contributed by atoms with Gasteiger partial charge in [0.1, 0.15) is 12.1 Å². The summed E-state index contributed by atoms with van der Waals surface area (Å²) in [5.74, 6) is -0.523. The van der Waals surface area contributed by atoms with Gasteiger partial charge in [0, 0.05) is 15.6 Å². The molecule has 0 saturated heterocycles. The fourth-order valence-corrected chi connectivity index (χ4v) is 4.89. The van der Waals surface area contributed by atoms with Crippen molar-refractivity contribution in [3.8, 4) is 0 Å². The second-order valence-corrected chi connectivity index (χ2v) is 8.90. The number of hydrogen-bond donors (Lipinski definition) is 0. The third kappa shape index (κ3) is 2.85. The summed E-state index contributed by atoms with van der Waals surface area (Å²) in [4.78, 5) is 3.88. The van der Waals surface area contributed by atoms with E-state index in [-0.39, 0.29) is 10.7 Å². The zero-order chi connectivity index (χ0) is 17.6. The van der Waals surface area contributed by atoms with Crippen molar-refractivity contribution in [2.45, 2.75) is 12.1 Å². The Kier molecular flexibility index (Phi) is 4.45. The van der Waals surface area contributed by atoms with Crippen LogP contribution in [0.1, 0.15) is 5.69 Å². The van der Waals surface area contributed by atoms with E-state index in [1.54, 1.807) is 25.3 Å². The normalized spacial score (nSPS) is 12.4. The van der Waals surface area contributed by atoms with Crippen LogP contribution in [0.25, 0.3) is 10.9 Å². The van der Waals surface area contributed by atoms with Crippen molar-refractivity contribution in [2.24, 2.45) is 0 Å². The lowest BCUT2D eigenvalue weighted by atomic mass is 10.2. The first kappa shape index (κ1) is 17.4. The van der Waals surface area contributed by atoms with Crippen molar-refractivity contribution in [2.75, 3.05) is 14.1 Å². The van der Waals surface area contributed by atoms with Crippen LogP contribution in [0.2, 0.25) is 0 Å². The summed E-state index contributed by atoms with van der Waals surface area (Å²) in [5, 5.41) is 4.23. The Morgan fingerprint density at radius 3 is 2.71 bits per heavy atom. The monoisotopic (exact) mass is 433 g/mol. The van der Waals surface area contributed by atoms with E-state index in [1.165, 1.54) is 40.7 Å². The molecular formula is C13H13BrFN5O2S2. The van der Waals surface area contributed by atoms with E-state index in [2.05, 4.69) is 26.0 Å². The largest absolute Gasteiger partial charge is 0.305 e. The van der Waals surface area contributed by atoms with E-state index in [9.17, 15) is 12.8 Å². The smallest absolute Gasteiger partial charge is 0.237 e. The molecule has 0 unspecified atom stereocenters. The molecule has 2 aromatic heterocycles. The van der Waals surface area contributed by atoms with E-state index in [1.807, 2.05) is 0 Å². The second-order valence-electron chi connectivity index (χ2n) is 5.15. The lowest BCUT2D eigenvalue weighted by Gasteiger charge is -2.07. The highest BCUT2D eigenvalue weighted by molar-refractivity contribution is 9.10. The zero-order valence-electron chi connectivity index (χ0n) is 12.9. The molecule has 0 atom stereocenters. The van der Waals surface area contributed by atoms with Crippen LogP contribution in [0.15, 0.2) is 34.2 Å². The molecule has 24 heavy (non-hydrogen) atoms. The summed E-state index contributed by atoms with van der Waals surface area (Å²) in [6.07, 6.45) is 1.31. The van der Waals surface area contributed by atoms with Gasteiger partial charge in [0.05, 0.1) is 17.7 Å². The molecule has 7 nitrogen and oxygen atoms in total. The van der Waals surface area contributed by atoms with Crippen LogP contribution >= 0.6 is 28.1 Å². The predicted octanol–water partition coefficient (Wildman–Crippen LogP) is 2.65. The molecule has 0 N–H and O–H groups in total. The third-order valence-corrected chi connectivity index (χ3v) is 6.48. The molecule has 0 bridgehead atoms. The van der Waals surface area contributed by atoms with Crippen LogP contribution in [0.5, 0.6) is 0 Å². The van der Waals surface area contributed by atoms with Crippen molar-refractivity contribution in [1.29, 1.82) is 0 Å². The van der Waals surface area contributed by atoms with E-state index < -0.39 is 15.8 Å². The topological polar surface area (TPSA) is 73.0 Å². The van der Waals surface area contributed by atoms with Gasteiger partial charge < -0.3 is 0 Å². The summed E-state index contributed by atoms with van der Waals surface area (Å²) in [6, 6.07) is 3.99. The molecular weight excluding hydrogens is 421 g/mol. The van der Waals surface area contributed by atoms with Gasteiger partial charge in [-0.3, -0.25) is 0 Å². The summed E-state index contributed by atoms with van der Waals surface area (Å²) >= 11 is 4.54. The van der Waals surface area contributed by atoms with Crippen LogP contribution < -0.4 is 0 Å². The molecule has 1 aromatic carbocycles. The lowest BCUT2D eigenvalue weighted by Crippen LogP contribution is -2.16. The highest BCUT2D eigenvalue weighted by Crippen LogP contribution is 2.33. The predicted molar refractivity (Wildman–Crippen MR) is 93.6 cm³/mol. The molecule has 0 aliphatic rings. The van der Waals surface area contributed by atoms with Crippen molar-refractivity contribution in [3.63, 3.8) is 0 Å². The SMILES string of the molecule is Cc1c(Br)c2ccc(F)cc2n1S(=O)(=O)c1ncn(SN(C)C)n1. The number of rotatable bonds is 4. The van der Waals surface area contributed by atoms with Crippen LogP contribution in [-0.2, 0) is 10.0 Å². The van der Waals surface area contributed by atoms with Gasteiger partial charge >= 0.3 is 10.0 Å². The minimum Gasteiger partial charge on any atom is -0.237 e. The van der Waals surface area contributed by atoms with Crippen LogP contribution in [0.3, 0.4) is 0 Å². The van der Waals surface area contributed by atoms with Crippen molar-refractivity contribution >= 4 is 49.0 Å². The first-order chi connectivity index (χ1) is 11.2. The highest BCUT2D eigenvalue weighted by Gasteiger charge is 2.28. The summed E-state index contributed by atoms with van der Waals surface area (Å²) in [7, 11) is -0.471. The van der Waals surface area contributed by atoms with Gasteiger partial charge in [-0.2, -0.15) is 12.5 Å². The quantitative estimate of drug-likeness (QED) is 0.588. The highest BCUT2D eigenvalue weighted by atomic mass is 79.9. The van der Waals surface area contributed by atoms with Gasteiger partial charge in [-0.15, -0.1) is 5.10 Å². The third-order valence-electron chi connectivity index (χ3n) is 3.21. The van der Waals surface area contributed by atoms with E-state index in [4.69, 9.17) is 0 Å². The Balaban J connectivity index is 2.20. The molecule has 2 heterocycles. The molecule has 3 rings (SSSR count). The maximum atomic E-state index is 13.6.